The van der Waals surface area contributed by atoms with Crippen LogP contribution in [0.1, 0.15) is 25.3 Å². The molecule has 2 rings (SSSR count). The van der Waals surface area contributed by atoms with Gasteiger partial charge >= 0.3 is 5.97 Å². The molecule has 2 aromatic rings. The smallest absolute Gasteiger partial charge is 0.335 e. The Balaban J connectivity index is 2.38. The van der Waals surface area contributed by atoms with E-state index in [0.717, 1.165) is 16.8 Å². The first kappa shape index (κ1) is 12.4. The van der Waals surface area contributed by atoms with E-state index in [1.54, 1.807) is 6.07 Å². The number of rotatable bonds is 3. The van der Waals surface area contributed by atoms with Crippen LogP contribution >= 0.6 is 0 Å². The van der Waals surface area contributed by atoms with Crippen molar-refractivity contribution in [2.75, 3.05) is 0 Å². The molecule has 0 amide bonds. The van der Waals surface area contributed by atoms with Gasteiger partial charge in [0.15, 0.2) is 0 Å². The third kappa shape index (κ3) is 2.59. The second-order valence-corrected chi connectivity index (χ2v) is 4.55. The molecule has 0 N–H and O–H groups in total. The quantitative estimate of drug-likeness (QED) is 0.459. The van der Waals surface area contributed by atoms with Crippen LogP contribution in [0.15, 0.2) is 49.1 Å². The highest BCUT2D eigenvalue weighted by Crippen LogP contribution is 2.25. The number of carbonyl (C=O) groups is 1. The maximum Gasteiger partial charge on any atom is 0.335 e. The Hall–Kier alpha value is -2.09. The number of ether oxygens (including phenoxy) is 1. The normalized spacial score (nSPS) is 10.6. The molecule has 0 radical (unpaired) electrons. The molecular weight excluding hydrogens is 224 g/mol. The molecule has 0 atom stereocenters. The van der Waals surface area contributed by atoms with Crippen molar-refractivity contribution in [2.24, 2.45) is 0 Å². The Morgan fingerprint density at radius 1 is 1.17 bits per heavy atom. The summed E-state index contributed by atoms with van der Waals surface area (Å²) in [6.45, 7) is 7.71. The van der Waals surface area contributed by atoms with Gasteiger partial charge in [0.2, 0.25) is 0 Å². The predicted molar refractivity (Wildman–Crippen MR) is 73.9 cm³/mol. The summed E-state index contributed by atoms with van der Waals surface area (Å²) in [6.07, 6.45) is 1.16. The van der Waals surface area contributed by atoms with Crippen molar-refractivity contribution >= 4 is 16.7 Å². The fourth-order valence-electron chi connectivity index (χ4n) is 1.82. The molecule has 0 fully saturated rings. The van der Waals surface area contributed by atoms with Crippen LogP contribution in [0.5, 0.6) is 5.75 Å². The van der Waals surface area contributed by atoms with Gasteiger partial charge in [-0.2, -0.15) is 0 Å². The van der Waals surface area contributed by atoms with Crippen LogP contribution in [0, 0.1) is 0 Å². The van der Waals surface area contributed by atoms with Gasteiger partial charge in [0.1, 0.15) is 5.75 Å². The topological polar surface area (TPSA) is 26.3 Å². The zero-order valence-corrected chi connectivity index (χ0v) is 10.6. The Morgan fingerprint density at radius 3 is 2.50 bits per heavy atom. The lowest BCUT2D eigenvalue weighted by Gasteiger charge is -2.08. The van der Waals surface area contributed by atoms with Gasteiger partial charge in [0, 0.05) is 6.08 Å². The molecule has 2 nitrogen and oxygen atoms in total. The highest BCUT2D eigenvalue weighted by molar-refractivity contribution is 5.87. The monoisotopic (exact) mass is 240 g/mol. The highest BCUT2D eigenvalue weighted by atomic mass is 16.5. The molecule has 0 aliphatic rings. The van der Waals surface area contributed by atoms with E-state index in [4.69, 9.17) is 4.74 Å². The number of carbonyl (C=O) groups excluding carboxylic acids is 1. The molecular formula is C16H16O2. The number of fused-ring (bicyclic) bond motifs is 1. The minimum Gasteiger partial charge on any atom is -0.423 e. The van der Waals surface area contributed by atoms with Crippen molar-refractivity contribution in [3.63, 3.8) is 0 Å². The number of hydrogen-bond acceptors (Lipinski definition) is 2. The van der Waals surface area contributed by atoms with Crippen molar-refractivity contribution in [3.05, 3.63) is 54.6 Å². The van der Waals surface area contributed by atoms with Crippen LogP contribution in [0.3, 0.4) is 0 Å². The molecule has 0 spiro atoms. The van der Waals surface area contributed by atoms with Crippen LogP contribution in [0.25, 0.3) is 10.8 Å². The van der Waals surface area contributed by atoms with E-state index in [9.17, 15) is 4.79 Å². The number of hydrogen-bond donors (Lipinski definition) is 0. The van der Waals surface area contributed by atoms with E-state index in [0.29, 0.717) is 11.7 Å². The fourth-order valence-corrected chi connectivity index (χ4v) is 1.82. The van der Waals surface area contributed by atoms with Crippen molar-refractivity contribution in [1.29, 1.82) is 0 Å². The summed E-state index contributed by atoms with van der Waals surface area (Å²) in [5.41, 5.74) is 1.30. The molecule has 0 unspecified atom stereocenters. The molecule has 0 bridgehead atoms. The van der Waals surface area contributed by atoms with Crippen LogP contribution < -0.4 is 4.74 Å². The average Bonchev–Trinajstić information content (AvgIpc) is 2.37. The zero-order valence-electron chi connectivity index (χ0n) is 10.6. The summed E-state index contributed by atoms with van der Waals surface area (Å²) in [6, 6.07) is 11.9. The zero-order chi connectivity index (χ0) is 13.1. The molecule has 2 heteroatoms. The molecule has 0 saturated heterocycles. The predicted octanol–water partition coefficient (Wildman–Crippen LogP) is 4.05. The Bertz CT molecular complexity index is 597. The minimum atomic E-state index is -0.437. The van der Waals surface area contributed by atoms with Crippen LogP contribution in [-0.2, 0) is 4.79 Å². The summed E-state index contributed by atoms with van der Waals surface area (Å²) in [7, 11) is 0. The van der Waals surface area contributed by atoms with Gasteiger partial charge in [-0.25, -0.2) is 4.79 Å². The third-order valence-corrected chi connectivity index (χ3v) is 2.89. The summed E-state index contributed by atoms with van der Waals surface area (Å²) in [5, 5.41) is 2.22. The molecule has 0 saturated carbocycles. The summed E-state index contributed by atoms with van der Waals surface area (Å²) in [5.74, 6) is 0.616. The lowest BCUT2D eigenvalue weighted by atomic mass is 9.99. The van der Waals surface area contributed by atoms with E-state index in [-0.39, 0.29) is 0 Å². The molecule has 0 aromatic heterocycles. The number of benzene rings is 2. The van der Waals surface area contributed by atoms with E-state index in [1.165, 1.54) is 5.56 Å². The van der Waals surface area contributed by atoms with Crippen LogP contribution in [0.4, 0.5) is 0 Å². The molecule has 0 aliphatic heterocycles. The maximum atomic E-state index is 11.1. The second-order valence-electron chi connectivity index (χ2n) is 4.55. The second kappa shape index (κ2) is 5.05. The summed E-state index contributed by atoms with van der Waals surface area (Å²) in [4.78, 5) is 11.1. The Morgan fingerprint density at radius 2 is 1.83 bits per heavy atom. The average molecular weight is 240 g/mol. The molecule has 2 aromatic carbocycles. The van der Waals surface area contributed by atoms with E-state index >= 15 is 0 Å². The van der Waals surface area contributed by atoms with E-state index < -0.39 is 5.97 Å². The van der Waals surface area contributed by atoms with Crippen LogP contribution in [-0.4, -0.2) is 5.97 Å². The first-order valence-electron chi connectivity index (χ1n) is 5.98. The van der Waals surface area contributed by atoms with Gasteiger partial charge in [-0.3, -0.25) is 0 Å². The standard InChI is InChI=1S/C16H16O2/c1-4-16(17)18-15-8-7-13-9-12(11(2)3)5-6-14(13)10-15/h4-11H,1H2,2-3H3. The molecule has 0 heterocycles. The molecule has 92 valence electrons. The molecule has 18 heavy (non-hydrogen) atoms. The summed E-state index contributed by atoms with van der Waals surface area (Å²) >= 11 is 0. The van der Waals surface area contributed by atoms with Gasteiger partial charge in [-0.05, 0) is 34.4 Å². The Kier molecular flexibility index (Phi) is 3.47. The van der Waals surface area contributed by atoms with E-state index in [1.807, 2.05) is 12.1 Å². The SMILES string of the molecule is C=CC(=O)Oc1ccc2cc(C(C)C)ccc2c1. The minimum absolute atomic E-state index is 0.437. The van der Waals surface area contributed by atoms with Gasteiger partial charge in [-0.15, -0.1) is 0 Å². The first-order valence-corrected chi connectivity index (χ1v) is 5.98. The van der Waals surface area contributed by atoms with Gasteiger partial charge in [0.05, 0.1) is 0 Å². The molecule has 0 aliphatic carbocycles. The van der Waals surface area contributed by atoms with Crippen LogP contribution in [0.2, 0.25) is 0 Å². The van der Waals surface area contributed by atoms with Gasteiger partial charge in [-0.1, -0.05) is 44.7 Å². The van der Waals surface area contributed by atoms with Crippen molar-refractivity contribution in [2.45, 2.75) is 19.8 Å². The lowest BCUT2D eigenvalue weighted by Crippen LogP contribution is -2.02. The van der Waals surface area contributed by atoms with Crippen molar-refractivity contribution in [3.8, 4) is 5.75 Å². The Labute approximate surface area is 107 Å². The van der Waals surface area contributed by atoms with Gasteiger partial charge in [0.25, 0.3) is 0 Å². The summed E-state index contributed by atoms with van der Waals surface area (Å²) < 4.78 is 5.09. The largest absolute Gasteiger partial charge is 0.423 e. The van der Waals surface area contributed by atoms with Crippen molar-refractivity contribution < 1.29 is 9.53 Å². The van der Waals surface area contributed by atoms with E-state index in [2.05, 4.69) is 38.6 Å². The maximum absolute atomic E-state index is 11.1. The third-order valence-electron chi connectivity index (χ3n) is 2.89. The highest BCUT2D eigenvalue weighted by Gasteiger charge is 2.04. The van der Waals surface area contributed by atoms with Crippen molar-refractivity contribution in [1.82, 2.24) is 0 Å². The fraction of sp³-hybridized carbons (Fsp3) is 0.188. The lowest BCUT2D eigenvalue weighted by molar-refractivity contribution is -0.128. The number of esters is 1. The van der Waals surface area contributed by atoms with Gasteiger partial charge < -0.3 is 4.74 Å². The first-order chi connectivity index (χ1) is 8.60.